The zero-order valence-corrected chi connectivity index (χ0v) is 13.3. The topological polar surface area (TPSA) is 102 Å². The number of alkyl halides is 1. The predicted octanol–water partition coefficient (Wildman–Crippen LogP) is 1.39. The van der Waals surface area contributed by atoms with Gasteiger partial charge in [0.1, 0.15) is 5.67 Å². The van der Waals surface area contributed by atoms with Gasteiger partial charge in [0.05, 0.1) is 17.3 Å². The first-order valence-corrected chi connectivity index (χ1v) is 7.92. The van der Waals surface area contributed by atoms with Gasteiger partial charge in [-0.2, -0.15) is 0 Å². The highest BCUT2D eigenvalue weighted by atomic mass is 32.1. The lowest BCUT2D eigenvalue weighted by molar-refractivity contribution is -0.123. The van der Waals surface area contributed by atoms with Crippen molar-refractivity contribution in [3.63, 3.8) is 0 Å². The number of nitrogens with two attached hydrogens (primary N) is 2. The first-order valence-electron chi connectivity index (χ1n) is 6.98. The van der Waals surface area contributed by atoms with Crippen molar-refractivity contribution in [3.05, 3.63) is 16.6 Å². The van der Waals surface area contributed by atoms with Gasteiger partial charge in [0.15, 0.2) is 0 Å². The van der Waals surface area contributed by atoms with Crippen molar-refractivity contribution in [2.75, 3.05) is 0 Å². The highest BCUT2D eigenvalue weighted by Gasteiger charge is 2.26. The summed E-state index contributed by atoms with van der Waals surface area (Å²) in [6.07, 6.45) is 0.238. The van der Waals surface area contributed by atoms with Crippen LogP contribution in [0.2, 0.25) is 0 Å². The number of amides is 1. The van der Waals surface area contributed by atoms with Gasteiger partial charge in [0.2, 0.25) is 5.91 Å². The highest BCUT2D eigenvalue weighted by Crippen LogP contribution is 2.23. The minimum Gasteiger partial charge on any atom is -0.391 e. The second-order valence-corrected chi connectivity index (χ2v) is 6.73. The molecule has 0 spiro atoms. The molecule has 0 aromatic carbocycles. The molecule has 1 heterocycles. The smallest absolute Gasteiger partial charge is 0.220 e. The molecule has 0 aliphatic heterocycles. The summed E-state index contributed by atoms with van der Waals surface area (Å²) in [5, 5.41) is 12.0. The standard InChI is InChI=1S/C14H24FN3O2S/c1-14(2,15)4-3-9(13(17)20)5-12(19)11(16)6-10-7-21-8-18-10/h7-9,11-12,19H,3-6,16H2,1-2H3,(H2,17,20). The Balaban J connectivity index is 2.51. The van der Waals surface area contributed by atoms with E-state index >= 15 is 0 Å². The van der Waals surface area contributed by atoms with Crippen LogP contribution in [0, 0.1) is 5.92 Å². The molecule has 0 radical (unpaired) electrons. The number of primary amides is 1. The fourth-order valence-corrected chi connectivity index (χ4v) is 2.65. The zero-order valence-electron chi connectivity index (χ0n) is 12.5. The summed E-state index contributed by atoms with van der Waals surface area (Å²) in [6.45, 7) is 2.91. The van der Waals surface area contributed by atoms with Crippen molar-refractivity contribution in [3.8, 4) is 0 Å². The molecule has 21 heavy (non-hydrogen) atoms. The van der Waals surface area contributed by atoms with Crippen molar-refractivity contribution >= 4 is 17.2 Å². The molecule has 0 fully saturated rings. The predicted molar refractivity (Wildman–Crippen MR) is 81.5 cm³/mol. The van der Waals surface area contributed by atoms with Gasteiger partial charge in [-0.1, -0.05) is 0 Å². The van der Waals surface area contributed by atoms with Gasteiger partial charge in [-0.15, -0.1) is 11.3 Å². The van der Waals surface area contributed by atoms with Crippen molar-refractivity contribution in [1.82, 2.24) is 4.98 Å². The van der Waals surface area contributed by atoms with Gasteiger partial charge in [-0.05, 0) is 33.1 Å². The fraction of sp³-hybridized carbons (Fsp3) is 0.714. The molecule has 1 rings (SSSR count). The number of aliphatic hydroxyl groups is 1. The minimum absolute atomic E-state index is 0.150. The second kappa shape index (κ2) is 7.82. The van der Waals surface area contributed by atoms with Gasteiger partial charge < -0.3 is 16.6 Å². The second-order valence-electron chi connectivity index (χ2n) is 6.01. The number of rotatable bonds is 9. The van der Waals surface area contributed by atoms with Crippen LogP contribution in [-0.4, -0.2) is 33.8 Å². The molecule has 3 unspecified atom stereocenters. The van der Waals surface area contributed by atoms with E-state index in [0.29, 0.717) is 12.8 Å². The Bertz CT molecular complexity index is 434. The summed E-state index contributed by atoms with van der Waals surface area (Å²) < 4.78 is 13.5. The van der Waals surface area contributed by atoms with Crippen LogP contribution in [0.15, 0.2) is 10.9 Å². The lowest BCUT2D eigenvalue weighted by atomic mass is 9.89. The number of aliphatic hydroxyl groups excluding tert-OH is 1. The first kappa shape index (κ1) is 18.0. The van der Waals surface area contributed by atoms with E-state index in [1.807, 2.05) is 5.38 Å². The van der Waals surface area contributed by atoms with Crippen molar-refractivity contribution in [1.29, 1.82) is 0 Å². The Kier molecular flexibility index (Phi) is 6.70. The quantitative estimate of drug-likeness (QED) is 0.640. The monoisotopic (exact) mass is 317 g/mol. The largest absolute Gasteiger partial charge is 0.391 e. The third kappa shape index (κ3) is 6.97. The molecule has 0 aliphatic carbocycles. The number of nitrogens with zero attached hydrogens (tertiary/aromatic N) is 1. The van der Waals surface area contributed by atoms with E-state index in [0.717, 1.165) is 5.69 Å². The third-order valence-corrected chi connectivity index (χ3v) is 4.07. The number of carbonyl (C=O) groups excluding carboxylic acids is 1. The first-order chi connectivity index (χ1) is 9.69. The van der Waals surface area contributed by atoms with Crippen LogP contribution < -0.4 is 11.5 Å². The Morgan fingerprint density at radius 3 is 2.71 bits per heavy atom. The Morgan fingerprint density at radius 2 is 2.24 bits per heavy atom. The van der Waals surface area contributed by atoms with E-state index in [1.165, 1.54) is 25.2 Å². The Hall–Kier alpha value is -1.05. The van der Waals surface area contributed by atoms with Gasteiger partial charge in [0.25, 0.3) is 0 Å². The summed E-state index contributed by atoms with van der Waals surface area (Å²) >= 11 is 1.46. The third-order valence-electron chi connectivity index (χ3n) is 3.44. The van der Waals surface area contributed by atoms with Crippen LogP contribution in [0.4, 0.5) is 4.39 Å². The number of carbonyl (C=O) groups is 1. The molecule has 7 heteroatoms. The highest BCUT2D eigenvalue weighted by molar-refractivity contribution is 7.07. The van der Waals surface area contributed by atoms with Gasteiger partial charge in [-0.25, -0.2) is 9.37 Å². The van der Waals surface area contributed by atoms with Crippen molar-refractivity contribution < 1.29 is 14.3 Å². The van der Waals surface area contributed by atoms with Crippen LogP contribution in [-0.2, 0) is 11.2 Å². The number of halogens is 1. The summed E-state index contributed by atoms with van der Waals surface area (Å²) in [5.41, 5.74) is 12.4. The average molecular weight is 317 g/mol. The zero-order chi connectivity index (χ0) is 16.0. The maximum Gasteiger partial charge on any atom is 0.220 e. The van der Waals surface area contributed by atoms with E-state index in [9.17, 15) is 14.3 Å². The molecule has 5 N–H and O–H groups in total. The lowest BCUT2D eigenvalue weighted by Crippen LogP contribution is -2.40. The van der Waals surface area contributed by atoms with Crippen LogP contribution in [0.1, 0.15) is 38.8 Å². The van der Waals surface area contributed by atoms with Gasteiger partial charge in [0, 0.05) is 23.8 Å². The number of aromatic nitrogens is 1. The summed E-state index contributed by atoms with van der Waals surface area (Å²) in [7, 11) is 0. The minimum atomic E-state index is -1.36. The molecule has 1 aromatic rings. The van der Waals surface area contributed by atoms with E-state index in [2.05, 4.69) is 4.98 Å². The lowest BCUT2D eigenvalue weighted by Gasteiger charge is -2.24. The number of hydrogen-bond acceptors (Lipinski definition) is 5. The SMILES string of the molecule is CC(C)(F)CCC(CC(O)C(N)Cc1cscn1)C(N)=O. The number of hydrogen-bond donors (Lipinski definition) is 3. The maximum absolute atomic E-state index is 13.5. The van der Waals surface area contributed by atoms with Gasteiger partial charge in [-0.3, -0.25) is 4.79 Å². The average Bonchev–Trinajstić information content (AvgIpc) is 2.85. The molecule has 0 saturated heterocycles. The fourth-order valence-electron chi connectivity index (χ4n) is 2.08. The van der Waals surface area contributed by atoms with E-state index < -0.39 is 29.6 Å². The molecule has 0 bridgehead atoms. The molecular weight excluding hydrogens is 293 g/mol. The Morgan fingerprint density at radius 1 is 1.57 bits per heavy atom. The summed E-state index contributed by atoms with van der Waals surface area (Å²) in [6, 6.07) is -0.521. The molecular formula is C14H24FN3O2S. The molecule has 0 aliphatic rings. The molecule has 120 valence electrons. The van der Waals surface area contributed by atoms with E-state index in [-0.39, 0.29) is 12.8 Å². The van der Waals surface area contributed by atoms with Crippen LogP contribution in [0.5, 0.6) is 0 Å². The van der Waals surface area contributed by atoms with Crippen molar-refractivity contribution in [2.45, 2.75) is 57.3 Å². The van der Waals surface area contributed by atoms with Gasteiger partial charge >= 0.3 is 0 Å². The normalized spacial score (nSPS) is 16.4. The molecule has 1 aromatic heterocycles. The molecule has 1 amide bonds. The molecule has 0 saturated carbocycles. The number of thiazole rings is 1. The van der Waals surface area contributed by atoms with Crippen LogP contribution >= 0.6 is 11.3 Å². The van der Waals surface area contributed by atoms with Crippen LogP contribution in [0.3, 0.4) is 0 Å². The molecule has 3 atom stereocenters. The summed E-state index contributed by atoms with van der Waals surface area (Å²) in [4.78, 5) is 15.5. The Labute approximate surface area is 128 Å². The van der Waals surface area contributed by atoms with E-state index in [1.54, 1.807) is 5.51 Å². The maximum atomic E-state index is 13.5. The van der Waals surface area contributed by atoms with E-state index in [4.69, 9.17) is 11.5 Å². The van der Waals surface area contributed by atoms with Crippen LogP contribution in [0.25, 0.3) is 0 Å². The molecule has 5 nitrogen and oxygen atoms in total. The van der Waals surface area contributed by atoms with Crippen molar-refractivity contribution in [2.24, 2.45) is 17.4 Å². The summed E-state index contributed by atoms with van der Waals surface area (Å²) in [5.74, 6) is -1.10.